The maximum atomic E-state index is 14.1. The van der Waals surface area contributed by atoms with Crippen molar-refractivity contribution in [3.05, 3.63) is 73.4 Å². The molecule has 0 bridgehead atoms. The number of amides is 1. The number of aryl methyl sites for hydroxylation is 1. The van der Waals surface area contributed by atoms with Crippen molar-refractivity contribution < 1.29 is 48.8 Å². The van der Waals surface area contributed by atoms with Crippen LogP contribution in [0.1, 0.15) is 64.7 Å². The van der Waals surface area contributed by atoms with Crippen LogP contribution in [0.15, 0.2) is 33.9 Å². The lowest BCUT2D eigenvalue weighted by atomic mass is 9.76. The number of hydrogen-bond acceptors (Lipinski definition) is 13. The molecule has 3 aliphatic carbocycles. The van der Waals surface area contributed by atoms with Gasteiger partial charge in [-0.2, -0.15) is 5.10 Å². The number of H-pyrrole nitrogens is 1. The van der Waals surface area contributed by atoms with Crippen LogP contribution in [0.25, 0.3) is 10.8 Å². The molecule has 5 N–H and O–H groups in total. The quantitative estimate of drug-likeness (QED) is 0.112. The molecule has 2 heterocycles. The Morgan fingerprint density at radius 2 is 1.70 bits per heavy atom. The van der Waals surface area contributed by atoms with Crippen LogP contribution >= 0.6 is 0 Å². The Kier molecular flexibility index (Phi) is 6.84. The minimum atomic E-state index is -2.14. The molecule has 4 aliphatic rings. The van der Waals surface area contributed by atoms with E-state index in [1.807, 2.05) is 4.90 Å². The SMILES string of the molecule is COC1=CC(=O)c2c(O)c3c(c(O)c2C1=O)C(=O)C1(CCc2cc4cc(/C=N/NC(=O)CN5CCOCC5)[nH]c(=O)c4c(O)c21)C3=O. The standard InChI is InChI=1S/C32H26N4O11/c1-46-17-10-16(37)20-21(25(17)39)27(41)23-22(26(20)40)29(43)32(30(23)44)3-2-13-8-14-9-15(34-31(45)19(14)28(42)24(13)32)11-33-35-18(38)12-36-4-6-47-7-5-36/h8-11,40-42H,2-7,12H2,1H3,(H,34,45)(H,35,38)/b33-11+. The zero-order valence-electron chi connectivity index (χ0n) is 24.8. The summed E-state index contributed by atoms with van der Waals surface area (Å²) in [6.45, 7) is 2.41. The van der Waals surface area contributed by atoms with Gasteiger partial charge < -0.3 is 29.8 Å². The van der Waals surface area contributed by atoms with Gasteiger partial charge in [0.2, 0.25) is 5.78 Å². The Bertz CT molecular complexity index is 2120. The fourth-order valence-electron chi connectivity index (χ4n) is 7.00. The molecule has 7 rings (SSSR count). The van der Waals surface area contributed by atoms with Gasteiger partial charge in [-0.05, 0) is 29.9 Å². The Morgan fingerprint density at radius 1 is 1.02 bits per heavy atom. The van der Waals surface area contributed by atoms with Crippen molar-refractivity contribution >= 4 is 46.0 Å². The maximum absolute atomic E-state index is 14.1. The molecular weight excluding hydrogens is 616 g/mol. The van der Waals surface area contributed by atoms with Gasteiger partial charge in [0.1, 0.15) is 22.7 Å². The van der Waals surface area contributed by atoms with Gasteiger partial charge in [0.25, 0.3) is 11.5 Å². The zero-order chi connectivity index (χ0) is 33.4. The largest absolute Gasteiger partial charge is 0.507 e. The molecule has 1 amide bonds. The number of fused-ring (bicyclic) bond motifs is 5. The first-order valence-corrected chi connectivity index (χ1v) is 14.6. The number of nitrogens with zero attached hydrogens (tertiary/aromatic N) is 2. The summed E-state index contributed by atoms with van der Waals surface area (Å²) in [6, 6.07) is 3.04. The first-order valence-electron chi connectivity index (χ1n) is 14.6. The highest BCUT2D eigenvalue weighted by Crippen LogP contribution is 2.57. The van der Waals surface area contributed by atoms with Crippen molar-refractivity contribution in [2.45, 2.75) is 18.3 Å². The Hall–Kier alpha value is -5.67. The first kappa shape index (κ1) is 30.0. The number of pyridine rings is 1. The fraction of sp³-hybridized carbons (Fsp3) is 0.281. The van der Waals surface area contributed by atoms with Crippen LogP contribution < -0.4 is 11.0 Å². The number of phenols is 3. The van der Waals surface area contributed by atoms with Crippen molar-refractivity contribution in [1.82, 2.24) is 15.3 Å². The molecular formula is C32H26N4O11. The summed E-state index contributed by atoms with van der Waals surface area (Å²) in [5.41, 5.74) is -2.76. The Morgan fingerprint density at radius 3 is 2.38 bits per heavy atom. The second-order valence-corrected chi connectivity index (χ2v) is 11.6. The van der Waals surface area contributed by atoms with Gasteiger partial charge in [-0.25, -0.2) is 5.43 Å². The number of rotatable bonds is 5. The third-order valence-electron chi connectivity index (χ3n) is 9.12. The highest BCUT2D eigenvalue weighted by molar-refractivity contribution is 6.38. The van der Waals surface area contributed by atoms with E-state index in [0.29, 0.717) is 31.9 Å². The number of nitrogens with one attached hydrogen (secondary N) is 2. The summed E-state index contributed by atoms with van der Waals surface area (Å²) in [4.78, 5) is 84.0. The molecule has 1 aromatic heterocycles. The summed E-state index contributed by atoms with van der Waals surface area (Å²) in [6.07, 6.45) is 1.94. The Balaban J connectivity index is 1.26. The summed E-state index contributed by atoms with van der Waals surface area (Å²) in [5, 5.41) is 37.7. The number of aromatic amines is 1. The average molecular weight is 643 g/mol. The van der Waals surface area contributed by atoms with E-state index in [1.165, 1.54) is 12.3 Å². The van der Waals surface area contributed by atoms with Gasteiger partial charge in [-0.15, -0.1) is 0 Å². The average Bonchev–Trinajstić information content (AvgIpc) is 3.53. The van der Waals surface area contributed by atoms with E-state index in [4.69, 9.17) is 9.47 Å². The summed E-state index contributed by atoms with van der Waals surface area (Å²) in [7, 11) is 1.13. The number of aromatic hydroxyl groups is 3. The molecule has 47 heavy (non-hydrogen) atoms. The smallest absolute Gasteiger partial charge is 0.260 e. The number of aromatic nitrogens is 1. The minimum absolute atomic E-state index is 0.0899. The number of ether oxygens (including phenoxy) is 2. The van der Waals surface area contributed by atoms with Crippen LogP contribution in [0.4, 0.5) is 0 Å². The van der Waals surface area contributed by atoms with Gasteiger partial charge in [0.15, 0.2) is 23.1 Å². The minimum Gasteiger partial charge on any atom is -0.507 e. The molecule has 1 unspecified atom stereocenters. The number of morpholine rings is 1. The highest BCUT2D eigenvalue weighted by Gasteiger charge is 2.61. The number of carbonyl (C=O) groups excluding carboxylic acids is 5. The molecule has 0 radical (unpaired) electrons. The number of benzene rings is 2. The molecule has 2 aromatic carbocycles. The molecule has 15 heteroatoms. The second kappa shape index (κ2) is 10.7. The number of phenolic OH excluding ortho intramolecular Hbond substituents is 3. The van der Waals surface area contributed by atoms with Gasteiger partial charge in [-0.1, -0.05) is 6.07 Å². The van der Waals surface area contributed by atoms with E-state index in [9.17, 15) is 44.1 Å². The molecule has 1 fully saturated rings. The topological polar surface area (TPSA) is 225 Å². The number of allylic oxidation sites excluding steroid dienone is 2. The van der Waals surface area contributed by atoms with Crippen LogP contribution in [-0.2, 0) is 26.1 Å². The zero-order valence-corrected chi connectivity index (χ0v) is 24.8. The van der Waals surface area contributed by atoms with Gasteiger partial charge in [0.05, 0.1) is 66.4 Å². The lowest BCUT2D eigenvalue weighted by molar-refractivity contribution is -0.123. The maximum Gasteiger partial charge on any atom is 0.260 e. The van der Waals surface area contributed by atoms with E-state index >= 15 is 0 Å². The van der Waals surface area contributed by atoms with Crippen LogP contribution in [0.2, 0.25) is 0 Å². The van der Waals surface area contributed by atoms with E-state index in [-0.39, 0.29) is 47.3 Å². The molecule has 1 atom stereocenters. The van der Waals surface area contributed by atoms with E-state index in [0.717, 1.165) is 13.2 Å². The Labute approximate surface area is 264 Å². The predicted octanol–water partition coefficient (Wildman–Crippen LogP) is 0.600. The number of Topliss-reactive ketones (excluding diaryl/α,β-unsaturated/α-hetero) is 3. The highest BCUT2D eigenvalue weighted by atomic mass is 16.5. The number of hydrazone groups is 1. The predicted molar refractivity (Wildman–Crippen MR) is 161 cm³/mol. The number of carbonyl (C=O) groups is 5. The number of hydrogen-bond donors (Lipinski definition) is 5. The molecule has 1 spiro atoms. The molecule has 15 nitrogen and oxygen atoms in total. The number of ketones is 4. The van der Waals surface area contributed by atoms with Crippen molar-refractivity contribution in [3.8, 4) is 17.2 Å². The lowest BCUT2D eigenvalue weighted by Crippen LogP contribution is -2.42. The molecule has 240 valence electrons. The van der Waals surface area contributed by atoms with Crippen molar-refractivity contribution in [2.75, 3.05) is 40.0 Å². The van der Waals surface area contributed by atoms with Crippen LogP contribution in [-0.4, -0.2) is 100 Å². The monoisotopic (exact) mass is 642 g/mol. The second-order valence-electron chi connectivity index (χ2n) is 11.6. The van der Waals surface area contributed by atoms with Crippen LogP contribution in [0.5, 0.6) is 17.2 Å². The molecule has 3 aromatic rings. The van der Waals surface area contributed by atoms with Crippen molar-refractivity contribution in [2.24, 2.45) is 5.10 Å². The van der Waals surface area contributed by atoms with Crippen LogP contribution in [0.3, 0.4) is 0 Å². The number of methoxy groups -OCH3 is 1. The van der Waals surface area contributed by atoms with Gasteiger partial charge in [-0.3, -0.25) is 33.7 Å². The van der Waals surface area contributed by atoms with E-state index in [2.05, 4.69) is 15.5 Å². The molecule has 1 aliphatic heterocycles. The van der Waals surface area contributed by atoms with Crippen molar-refractivity contribution in [3.63, 3.8) is 0 Å². The molecule has 0 saturated carbocycles. The summed E-state index contributed by atoms with van der Waals surface area (Å²) in [5.74, 6) is -7.22. The van der Waals surface area contributed by atoms with E-state index in [1.54, 1.807) is 6.07 Å². The van der Waals surface area contributed by atoms with E-state index < -0.39 is 79.4 Å². The summed E-state index contributed by atoms with van der Waals surface area (Å²) < 4.78 is 10.2. The fourth-order valence-corrected chi connectivity index (χ4v) is 7.00. The van der Waals surface area contributed by atoms with Crippen LogP contribution in [0, 0.1) is 0 Å². The third-order valence-corrected chi connectivity index (χ3v) is 9.12. The first-order chi connectivity index (χ1) is 22.5. The lowest BCUT2D eigenvalue weighted by Gasteiger charge is -2.25. The molecule has 1 saturated heterocycles. The summed E-state index contributed by atoms with van der Waals surface area (Å²) >= 11 is 0. The van der Waals surface area contributed by atoms with Crippen molar-refractivity contribution in [1.29, 1.82) is 0 Å². The normalized spacial score (nSPS) is 20.6. The van der Waals surface area contributed by atoms with Gasteiger partial charge >= 0.3 is 0 Å². The third kappa shape index (κ3) is 4.23. The van der Waals surface area contributed by atoms with Gasteiger partial charge in [0, 0.05) is 24.7 Å².